The zero-order chi connectivity index (χ0) is 12.0. The Balaban J connectivity index is 2.79. The molecule has 0 spiro atoms. The van der Waals surface area contributed by atoms with Crippen molar-refractivity contribution in [3.8, 4) is 0 Å². The fraction of sp³-hybridized carbons (Fsp3) is 0.364. The molecule has 5 heteroatoms. The number of hydrogen-bond acceptors (Lipinski definition) is 3. The summed E-state index contributed by atoms with van der Waals surface area (Å²) < 4.78 is 5.17. The number of hydrogen-bond donors (Lipinski definition) is 1. The van der Waals surface area contributed by atoms with E-state index in [1.807, 2.05) is 18.4 Å². The molecule has 0 aliphatic rings. The van der Waals surface area contributed by atoms with Crippen LogP contribution in [-0.4, -0.2) is 29.8 Å². The predicted octanol–water partition coefficient (Wildman–Crippen LogP) is 2.79. The third-order valence-electron chi connectivity index (χ3n) is 2.00. The normalized spacial score (nSPS) is 12.4. The van der Waals surface area contributed by atoms with E-state index in [9.17, 15) is 4.79 Å². The van der Waals surface area contributed by atoms with Gasteiger partial charge in [-0.2, -0.15) is 0 Å². The van der Waals surface area contributed by atoms with Gasteiger partial charge < -0.3 is 9.84 Å². The van der Waals surface area contributed by atoms with Crippen LogP contribution in [0.25, 0.3) is 0 Å². The molecule has 88 valence electrons. The third-order valence-corrected chi connectivity index (χ3v) is 2.90. The second-order valence-corrected chi connectivity index (χ2v) is 4.31. The number of ether oxygens (including phenoxy) is 1. The largest absolute Gasteiger partial charge is 0.479 e. The van der Waals surface area contributed by atoms with Gasteiger partial charge in [0.1, 0.15) is 0 Å². The average molecular weight is 261 g/mol. The molecule has 1 rings (SSSR count). The van der Waals surface area contributed by atoms with Crippen molar-refractivity contribution in [2.75, 3.05) is 18.7 Å². The Labute approximate surface area is 104 Å². The standard InChI is InChI=1S/C11H13ClO3S/c1-16-9-4-2-8(3-5-9)10(11(13)14)15-7-6-12/h2-5,10H,6-7H2,1H3,(H,13,14). The molecule has 16 heavy (non-hydrogen) atoms. The van der Waals surface area contributed by atoms with E-state index in [-0.39, 0.29) is 12.5 Å². The summed E-state index contributed by atoms with van der Waals surface area (Å²) in [7, 11) is 0. The van der Waals surface area contributed by atoms with Gasteiger partial charge in [0.2, 0.25) is 0 Å². The molecule has 1 N–H and O–H groups in total. The highest BCUT2D eigenvalue weighted by Gasteiger charge is 2.19. The van der Waals surface area contributed by atoms with Crippen molar-refractivity contribution in [1.82, 2.24) is 0 Å². The topological polar surface area (TPSA) is 46.5 Å². The Morgan fingerprint density at radius 1 is 1.50 bits per heavy atom. The number of alkyl halides is 1. The predicted molar refractivity (Wildman–Crippen MR) is 65.3 cm³/mol. The van der Waals surface area contributed by atoms with Crippen LogP contribution in [0.5, 0.6) is 0 Å². The maximum absolute atomic E-state index is 11.0. The Kier molecular flexibility index (Phi) is 5.66. The minimum absolute atomic E-state index is 0.225. The van der Waals surface area contributed by atoms with E-state index < -0.39 is 12.1 Å². The summed E-state index contributed by atoms with van der Waals surface area (Å²) in [6.45, 7) is 0.225. The van der Waals surface area contributed by atoms with Crippen LogP contribution < -0.4 is 0 Å². The fourth-order valence-corrected chi connectivity index (χ4v) is 1.75. The smallest absolute Gasteiger partial charge is 0.337 e. The fourth-order valence-electron chi connectivity index (χ4n) is 1.25. The molecule has 0 fully saturated rings. The van der Waals surface area contributed by atoms with Crippen molar-refractivity contribution in [2.24, 2.45) is 0 Å². The lowest BCUT2D eigenvalue weighted by Crippen LogP contribution is -2.16. The molecular formula is C11H13ClO3S. The summed E-state index contributed by atoms with van der Waals surface area (Å²) in [6, 6.07) is 7.28. The van der Waals surface area contributed by atoms with Crippen LogP contribution in [-0.2, 0) is 9.53 Å². The van der Waals surface area contributed by atoms with E-state index in [0.717, 1.165) is 4.90 Å². The molecule has 0 saturated carbocycles. The van der Waals surface area contributed by atoms with Crippen molar-refractivity contribution in [3.05, 3.63) is 29.8 Å². The van der Waals surface area contributed by atoms with Crippen molar-refractivity contribution in [1.29, 1.82) is 0 Å². The van der Waals surface area contributed by atoms with Gasteiger partial charge in [-0.25, -0.2) is 4.79 Å². The van der Waals surface area contributed by atoms with E-state index in [2.05, 4.69) is 0 Å². The van der Waals surface area contributed by atoms with Crippen LogP contribution in [0.4, 0.5) is 0 Å². The first kappa shape index (κ1) is 13.4. The van der Waals surface area contributed by atoms with Crippen LogP contribution >= 0.6 is 23.4 Å². The van der Waals surface area contributed by atoms with Crippen molar-refractivity contribution in [2.45, 2.75) is 11.0 Å². The first-order chi connectivity index (χ1) is 7.69. The highest BCUT2D eigenvalue weighted by Crippen LogP contribution is 2.21. The van der Waals surface area contributed by atoms with Gasteiger partial charge in [0, 0.05) is 10.8 Å². The molecule has 1 aromatic carbocycles. The monoisotopic (exact) mass is 260 g/mol. The van der Waals surface area contributed by atoms with Gasteiger partial charge in [0.25, 0.3) is 0 Å². The summed E-state index contributed by atoms with van der Waals surface area (Å²) >= 11 is 7.07. The van der Waals surface area contributed by atoms with Crippen LogP contribution in [0.15, 0.2) is 29.2 Å². The van der Waals surface area contributed by atoms with Crippen molar-refractivity contribution >= 4 is 29.3 Å². The zero-order valence-electron chi connectivity index (χ0n) is 8.85. The lowest BCUT2D eigenvalue weighted by Gasteiger charge is -2.13. The maximum Gasteiger partial charge on any atom is 0.337 e. The first-order valence-electron chi connectivity index (χ1n) is 4.73. The Hall–Kier alpha value is -0.710. The van der Waals surface area contributed by atoms with Gasteiger partial charge in [-0.3, -0.25) is 0 Å². The highest BCUT2D eigenvalue weighted by atomic mass is 35.5. The number of halogens is 1. The third kappa shape index (κ3) is 3.70. The zero-order valence-corrected chi connectivity index (χ0v) is 10.4. The average Bonchev–Trinajstić information content (AvgIpc) is 2.30. The Bertz CT molecular complexity index is 340. The molecule has 0 heterocycles. The Morgan fingerprint density at radius 2 is 2.12 bits per heavy atom. The van der Waals surface area contributed by atoms with E-state index in [1.54, 1.807) is 23.9 Å². The van der Waals surface area contributed by atoms with Crippen LogP contribution in [0.1, 0.15) is 11.7 Å². The maximum atomic E-state index is 11.0. The van der Waals surface area contributed by atoms with Gasteiger partial charge in [-0.15, -0.1) is 23.4 Å². The minimum Gasteiger partial charge on any atom is -0.479 e. The molecule has 0 saturated heterocycles. The van der Waals surface area contributed by atoms with E-state index in [4.69, 9.17) is 21.4 Å². The number of rotatable bonds is 6. The van der Waals surface area contributed by atoms with Gasteiger partial charge in [-0.05, 0) is 24.0 Å². The van der Waals surface area contributed by atoms with Crippen molar-refractivity contribution < 1.29 is 14.6 Å². The number of aliphatic carboxylic acids is 1. The van der Waals surface area contributed by atoms with Gasteiger partial charge >= 0.3 is 5.97 Å². The summed E-state index contributed by atoms with van der Waals surface area (Å²) in [5, 5.41) is 9.01. The summed E-state index contributed by atoms with van der Waals surface area (Å²) in [5.74, 6) is -0.714. The van der Waals surface area contributed by atoms with E-state index in [1.165, 1.54) is 0 Å². The summed E-state index contributed by atoms with van der Waals surface area (Å²) in [4.78, 5) is 12.1. The number of carboxylic acids is 1. The molecule has 0 aromatic heterocycles. The number of benzene rings is 1. The van der Waals surface area contributed by atoms with Gasteiger partial charge in [0.15, 0.2) is 6.10 Å². The quantitative estimate of drug-likeness (QED) is 0.631. The molecule has 0 aliphatic carbocycles. The molecular weight excluding hydrogens is 248 g/mol. The lowest BCUT2D eigenvalue weighted by atomic mass is 10.1. The Morgan fingerprint density at radius 3 is 2.56 bits per heavy atom. The molecule has 0 radical (unpaired) electrons. The van der Waals surface area contributed by atoms with E-state index in [0.29, 0.717) is 5.56 Å². The summed E-state index contributed by atoms with van der Waals surface area (Å²) in [6.07, 6.45) is 1.03. The van der Waals surface area contributed by atoms with Crippen LogP contribution in [0, 0.1) is 0 Å². The molecule has 1 aromatic rings. The number of carbonyl (C=O) groups is 1. The molecule has 0 amide bonds. The molecule has 1 unspecified atom stereocenters. The molecule has 3 nitrogen and oxygen atoms in total. The SMILES string of the molecule is CSc1ccc(C(OCCCl)C(=O)O)cc1. The molecule has 0 bridgehead atoms. The van der Waals surface area contributed by atoms with Crippen LogP contribution in [0.2, 0.25) is 0 Å². The first-order valence-corrected chi connectivity index (χ1v) is 6.49. The second-order valence-electron chi connectivity index (χ2n) is 3.05. The number of thioether (sulfide) groups is 1. The van der Waals surface area contributed by atoms with E-state index >= 15 is 0 Å². The highest BCUT2D eigenvalue weighted by molar-refractivity contribution is 7.98. The summed E-state index contributed by atoms with van der Waals surface area (Å²) in [5.41, 5.74) is 0.635. The van der Waals surface area contributed by atoms with Gasteiger partial charge in [0.05, 0.1) is 6.61 Å². The number of carboxylic acid groups (broad SMARTS) is 1. The second kappa shape index (κ2) is 6.78. The van der Waals surface area contributed by atoms with Crippen LogP contribution in [0.3, 0.4) is 0 Å². The lowest BCUT2D eigenvalue weighted by molar-refractivity contribution is -0.150. The van der Waals surface area contributed by atoms with Gasteiger partial charge in [-0.1, -0.05) is 12.1 Å². The molecule has 1 atom stereocenters. The minimum atomic E-state index is -0.998. The molecule has 0 aliphatic heterocycles. The van der Waals surface area contributed by atoms with Crippen molar-refractivity contribution in [3.63, 3.8) is 0 Å².